The molecule has 0 atom stereocenters. The van der Waals surface area contributed by atoms with Crippen LogP contribution in [-0.4, -0.2) is 54.5 Å². The lowest BCUT2D eigenvalue weighted by Crippen LogP contribution is -2.43. The Hall–Kier alpha value is -2.36. The molecule has 10 heteroatoms. The van der Waals surface area contributed by atoms with E-state index < -0.39 is 22.4 Å². The Morgan fingerprint density at radius 3 is 2.47 bits per heavy atom. The Morgan fingerprint density at radius 2 is 1.97 bits per heavy atom. The highest BCUT2D eigenvalue weighted by molar-refractivity contribution is 5.79. The van der Waals surface area contributed by atoms with Crippen LogP contribution in [0.5, 0.6) is 0 Å². The average molecular weight is 430 g/mol. The molecule has 1 aromatic carbocycles. The van der Waals surface area contributed by atoms with Crippen LogP contribution in [0.2, 0.25) is 0 Å². The number of alkyl halides is 3. The standard InChI is InChI=1S/C20H29F3N4O3/c1-4-25(14(2)3)12-9-24-19(28)15-7-10-26(11-8-15)17-6-5-16(20(21,22)23)13-18(17)27(29)30/h5-6,13-15H,4,7-12H2,1-3H3,(H,24,28). The predicted molar refractivity (Wildman–Crippen MR) is 108 cm³/mol. The maximum Gasteiger partial charge on any atom is 0.416 e. The summed E-state index contributed by atoms with van der Waals surface area (Å²) in [6.07, 6.45) is -3.66. The molecule has 1 heterocycles. The highest BCUT2D eigenvalue weighted by Gasteiger charge is 2.34. The number of nitrogens with zero attached hydrogens (tertiary/aromatic N) is 3. The number of hydrogen-bond donors (Lipinski definition) is 1. The Bertz CT molecular complexity index is 747. The van der Waals surface area contributed by atoms with Crippen molar-refractivity contribution in [3.8, 4) is 0 Å². The number of hydrogen-bond acceptors (Lipinski definition) is 5. The van der Waals surface area contributed by atoms with Crippen LogP contribution in [0.1, 0.15) is 39.2 Å². The Balaban J connectivity index is 1.95. The first-order chi connectivity index (χ1) is 14.0. The average Bonchev–Trinajstić information content (AvgIpc) is 2.69. The SMILES string of the molecule is CCN(CCNC(=O)C1CCN(c2ccc(C(F)(F)F)cc2[N+](=O)[O-])CC1)C(C)C. The molecule has 168 valence electrons. The van der Waals surface area contributed by atoms with E-state index in [2.05, 4.69) is 31.0 Å². The van der Waals surface area contributed by atoms with Crippen molar-refractivity contribution >= 4 is 17.3 Å². The van der Waals surface area contributed by atoms with Gasteiger partial charge in [-0.1, -0.05) is 6.92 Å². The van der Waals surface area contributed by atoms with E-state index in [1.807, 2.05) is 0 Å². The first-order valence-corrected chi connectivity index (χ1v) is 10.2. The first-order valence-electron chi connectivity index (χ1n) is 10.2. The number of nitro benzene ring substituents is 1. The molecule has 0 spiro atoms. The van der Waals surface area contributed by atoms with Gasteiger partial charge < -0.3 is 10.2 Å². The van der Waals surface area contributed by atoms with Crippen LogP contribution in [0.25, 0.3) is 0 Å². The molecule has 1 aliphatic rings. The number of piperidine rings is 1. The van der Waals surface area contributed by atoms with Crippen LogP contribution in [0.3, 0.4) is 0 Å². The smallest absolute Gasteiger partial charge is 0.366 e. The van der Waals surface area contributed by atoms with Crippen molar-refractivity contribution in [3.63, 3.8) is 0 Å². The summed E-state index contributed by atoms with van der Waals surface area (Å²) in [6, 6.07) is 2.97. The second kappa shape index (κ2) is 10.1. The number of nitro groups is 1. The van der Waals surface area contributed by atoms with E-state index in [0.29, 0.717) is 44.6 Å². The minimum atomic E-state index is -4.64. The topological polar surface area (TPSA) is 78.7 Å². The molecule has 0 aliphatic carbocycles. The zero-order chi connectivity index (χ0) is 22.5. The summed E-state index contributed by atoms with van der Waals surface area (Å²) in [7, 11) is 0. The van der Waals surface area contributed by atoms with Gasteiger partial charge in [0, 0.05) is 44.2 Å². The molecule has 1 aliphatic heterocycles. The molecule has 2 rings (SSSR count). The largest absolute Gasteiger partial charge is 0.416 e. The third-order valence-corrected chi connectivity index (χ3v) is 5.54. The van der Waals surface area contributed by atoms with E-state index in [-0.39, 0.29) is 17.5 Å². The Morgan fingerprint density at radius 1 is 1.33 bits per heavy atom. The van der Waals surface area contributed by atoms with E-state index >= 15 is 0 Å². The maximum absolute atomic E-state index is 12.9. The third kappa shape index (κ3) is 6.07. The van der Waals surface area contributed by atoms with Crippen molar-refractivity contribution in [1.29, 1.82) is 0 Å². The summed E-state index contributed by atoms with van der Waals surface area (Å²) in [5.41, 5.74) is -1.46. The Labute approximate surface area is 174 Å². The van der Waals surface area contributed by atoms with Gasteiger partial charge in [0.25, 0.3) is 5.69 Å². The molecular formula is C20H29F3N4O3. The first kappa shape index (κ1) is 23.9. The van der Waals surface area contributed by atoms with Crippen molar-refractivity contribution in [2.24, 2.45) is 5.92 Å². The van der Waals surface area contributed by atoms with Crippen LogP contribution in [0.15, 0.2) is 18.2 Å². The zero-order valence-corrected chi connectivity index (χ0v) is 17.5. The van der Waals surface area contributed by atoms with E-state index in [9.17, 15) is 28.1 Å². The van der Waals surface area contributed by atoms with E-state index in [4.69, 9.17) is 0 Å². The van der Waals surface area contributed by atoms with Gasteiger partial charge in [0.15, 0.2) is 0 Å². The molecule has 30 heavy (non-hydrogen) atoms. The molecule has 1 aromatic rings. The number of nitrogens with one attached hydrogen (secondary N) is 1. The summed E-state index contributed by atoms with van der Waals surface area (Å²) in [5.74, 6) is -0.250. The van der Waals surface area contributed by atoms with Crippen molar-refractivity contribution in [3.05, 3.63) is 33.9 Å². The van der Waals surface area contributed by atoms with Crippen LogP contribution in [0, 0.1) is 16.0 Å². The number of benzene rings is 1. The molecule has 1 fully saturated rings. The van der Waals surface area contributed by atoms with Crippen molar-refractivity contribution < 1.29 is 22.9 Å². The van der Waals surface area contributed by atoms with Gasteiger partial charge in [-0.25, -0.2) is 0 Å². The van der Waals surface area contributed by atoms with Crippen molar-refractivity contribution in [2.45, 2.75) is 45.8 Å². The minimum Gasteiger partial charge on any atom is -0.366 e. The lowest BCUT2D eigenvalue weighted by Gasteiger charge is -2.33. The number of likely N-dealkylation sites (N-methyl/N-ethyl adjacent to an activating group) is 1. The van der Waals surface area contributed by atoms with Gasteiger partial charge in [0.1, 0.15) is 5.69 Å². The summed E-state index contributed by atoms with van der Waals surface area (Å²) in [5, 5.41) is 14.3. The number of halogens is 3. The quantitative estimate of drug-likeness (QED) is 0.503. The zero-order valence-electron chi connectivity index (χ0n) is 17.5. The van der Waals surface area contributed by atoms with Gasteiger partial charge in [0.2, 0.25) is 5.91 Å². The summed E-state index contributed by atoms with van der Waals surface area (Å²) < 4.78 is 38.6. The molecular weight excluding hydrogens is 401 g/mol. The number of carbonyl (C=O) groups is 1. The van der Waals surface area contributed by atoms with Crippen LogP contribution in [0.4, 0.5) is 24.5 Å². The fraction of sp³-hybridized carbons (Fsp3) is 0.650. The highest BCUT2D eigenvalue weighted by Crippen LogP contribution is 2.37. The lowest BCUT2D eigenvalue weighted by molar-refractivity contribution is -0.384. The lowest BCUT2D eigenvalue weighted by atomic mass is 9.95. The van der Waals surface area contributed by atoms with Crippen molar-refractivity contribution in [2.75, 3.05) is 37.6 Å². The molecule has 1 amide bonds. The molecule has 1 saturated heterocycles. The van der Waals surface area contributed by atoms with Crippen LogP contribution >= 0.6 is 0 Å². The second-order valence-electron chi connectivity index (χ2n) is 7.73. The predicted octanol–water partition coefficient (Wildman–Crippen LogP) is 3.68. The molecule has 0 saturated carbocycles. The molecule has 1 N–H and O–H groups in total. The van der Waals surface area contributed by atoms with Gasteiger partial charge >= 0.3 is 6.18 Å². The van der Waals surface area contributed by atoms with E-state index in [0.717, 1.165) is 25.2 Å². The summed E-state index contributed by atoms with van der Waals surface area (Å²) >= 11 is 0. The van der Waals surface area contributed by atoms with Gasteiger partial charge in [-0.3, -0.25) is 19.8 Å². The Kier molecular flexibility index (Phi) is 8.05. The molecule has 0 radical (unpaired) electrons. The van der Waals surface area contributed by atoms with Crippen LogP contribution in [-0.2, 0) is 11.0 Å². The number of anilines is 1. The summed E-state index contributed by atoms with van der Waals surface area (Å²) in [6.45, 7) is 9.22. The molecule has 0 aromatic heterocycles. The number of carbonyl (C=O) groups excluding carboxylic acids is 1. The van der Waals surface area contributed by atoms with Gasteiger partial charge in [-0.15, -0.1) is 0 Å². The van der Waals surface area contributed by atoms with Gasteiger partial charge in [0.05, 0.1) is 10.5 Å². The second-order valence-corrected chi connectivity index (χ2v) is 7.73. The van der Waals surface area contributed by atoms with E-state index in [1.165, 1.54) is 0 Å². The van der Waals surface area contributed by atoms with Crippen LogP contribution < -0.4 is 10.2 Å². The highest BCUT2D eigenvalue weighted by atomic mass is 19.4. The number of rotatable bonds is 8. The summed E-state index contributed by atoms with van der Waals surface area (Å²) in [4.78, 5) is 26.9. The molecule has 7 nitrogen and oxygen atoms in total. The maximum atomic E-state index is 12.9. The fourth-order valence-electron chi connectivity index (χ4n) is 3.74. The van der Waals surface area contributed by atoms with Crippen molar-refractivity contribution in [1.82, 2.24) is 10.2 Å². The molecule has 0 unspecified atom stereocenters. The molecule has 0 bridgehead atoms. The van der Waals surface area contributed by atoms with E-state index in [1.54, 1.807) is 4.90 Å². The normalized spacial score (nSPS) is 15.7. The fourth-order valence-corrected chi connectivity index (χ4v) is 3.74. The monoisotopic (exact) mass is 430 g/mol. The van der Waals surface area contributed by atoms with Gasteiger partial charge in [-0.2, -0.15) is 13.2 Å². The number of amides is 1. The minimum absolute atomic E-state index is 0.0450. The third-order valence-electron chi connectivity index (χ3n) is 5.54. The van der Waals surface area contributed by atoms with Gasteiger partial charge in [-0.05, 0) is 45.4 Å².